The lowest BCUT2D eigenvalue weighted by molar-refractivity contribution is 0.0947. The minimum absolute atomic E-state index is 0.107. The van der Waals surface area contributed by atoms with Crippen molar-refractivity contribution in [3.8, 4) is 11.5 Å². The average Bonchev–Trinajstić information content (AvgIpc) is 3.02. The molecule has 0 bridgehead atoms. The van der Waals surface area contributed by atoms with Crippen LogP contribution in [0.3, 0.4) is 0 Å². The fourth-order valence-electron chi connectivity index (χ4n) is 5.28. The van der Waals surface area contributed by atoms with Gasteiger partial charge in [0.2, 0.25) is 0 Å². The van der Waals surface area contributed by atoms with Crippen molar-refractivity contribution in [2.24, 2.45) is 0 Å². The predicted octanol–water partition coefficient (Wildman–Crippen LogP) is 5.74. The Morgan fingerprint density at radius 1 is 0.900 bits per heavy atom. The molecule has 1 aromatic heterocycles. The molecule has 6 heteroatoms. The minimum atomic E-state index is -0.138. The Labute approximate surface area is 237 Å². The zero-order chi connectivity index (χ0) is 27.6. The fraction of sp³-hybridized carbons (Fsp3) is 0.294. The third kappa shape index (κ3) is 7.27. The molecule has 1 aliphatic heterocycles. The van der Waals surface area contributed by atoms with Crippen molar-refractivity contribution >= 4 is 5.91 Å². The monoisotopic (exact) mass is 535 g/mol. The normalized spacial score (nSPS) is 14.2. The second-order valence-corrected chi connectivity index (χ2v) is 10.2. The molecule has 6 nitrogen and oxygen atoms in total. The summed E-state index contributed by atoms with van der Waals surface area (Å²) in [5.41, 5.74) is 4.19. The number of pyridine rings is 1. The lowest BCUT2D eigenvalue weighted by atomic mass is 9.90. The van der Waals surface area contributed by atoms with Gasteiger partial charge >= 0.3 is 0 Å². The van der Waals surface area contributed by atoms with Gasteiger partial charge in [-0.25, -0.2) is 0 Å². The van der Waals surface area contributed by atoms with E-state index in [1.54, 1.807) is 25.4 Å². The van der Waals surface area contributed by atoms with Crippen LogP contribution >= 0.6 is 0 Å². The molecule has 2 heterocycles. The number of methoxy groups -OCH3 is 1. The summed E-state index contributed by atoms with van der Waals surface area (Å²) in [4.78, 5) is 19.5. The first-order chi connectivity index (χ1) is 19.7. The quantitative estimate of drug-likeness (QED) is 0.265. The molecule has 1 aliphatic rings. The van der Waals surface area contributed by atoms with Crippen LogP contribution < -0.4 is 14.8 Å². The van der Waals surface area contributed by atoms with Gasteiger partial charge in [0.1, 0.15) is 6.10 Å². The molecule has 40 heavy (non-hydrogen) atoms. The molecule has 0 saturated carbocycles. The van der Waals surface area contributed by atoms with Gasteiger partial charge in [0.05, 0.1) is 7.11 Å². The van der Waals surface area contributed by atoms with E-state index in [9.17, 15) is 4.79 Å². The van der Waals surface area contributed by atoms with Crippen molar-refractivity contribution in [3.05, 3.63) is 126 Å². The highest BCUT2D eigenvalue weighted by atomic mass is 16.5. The van der Waals surface area contributed by atoms with Gasteiger partial charge in [-0.15, -0.1) is 0 Å². The summed E-state index contributed by atoms with van der Waals surface area (Å²) >= 11 is 0. The van der Waals surface area contributed by atoms with Gasteiger partial charge in [0.25, 0.3) is 5.91 Å². The topological polar surface area (TPSA) is 63.7 Å². The molecule has 1 fully saturated rings. The first-order valence-corrected chi connectivity index (χ1v) is 14.0. The van der Waals surface area contributed by atoms with E-state index in [0.717, 1.165) is 38.2 Å². The Bertz CT molecular complexity index is 1300. The molecule has 1 N–H and O–H groups in total. The van der Waals surface area contributed by atoms with Crippen molar-refractivity contribution in [1.82, 2.24) is 15.2 Å². The van der Waals surface area contributed by atoms with Gasteiger partial charge in [0, 0.05) is 56.0 Å². The van der Waals surface area contributed by atoms with Crippen LogP contribution in [0.25, 0.3) is 0 Å². The highest BCUT2D eigenvalue weighted by molar-refractivity contribution is 5.94. The summed E-state index contributed by atoms with van der Waals surface area (Å²) < 4.78 is 12.0. The molecule has 0 aliphatic carbocycles. The van der Waals surface area contributed by atoms with Crippen LogP contribution in [-0.2, 0) is 6.42 Å². The standard InChI is InChI=1S/C34H37N3O3/c1-39-33-24-28(34(38)36-21-17-29-14-8-9-20-35-29)15-16-32(33)40-30-18-22-37(23-19-30)25-31(26-10-4-2-5-11-26)27-12-6-3-7-13-27/h2-16,20,24,30-31H,17-19,21-23,25H2,1H3,(H,36,38). The van der Waals surface area contributed by atoms with Crippen LogP contribution in [0.2, 0.25) is 0 Å². The highest BCUT2D eigenvalue weighted by Crippen LogP contribution is 2.32. The Balaban J connectivity index is 1.15. The van der Waals surface area contributed by atoms with Crippen molar-refractivity contribution in [1.29, 1.82) is 0 Å². The summed E-state index contributed by atoms with van der Waals surface area (Å²) in [7, 11) is 1.61. The predicted molar refractivity (Wildman–Crippen MR) is 158 cm³/mol. The van der Waals surface area contributed by atoms with E-state index in [-0.39, 0.29) is 12.0 Å². The lowest BCUT2D eigenvalue weighted by Gasteiger charge is -2.35. The second kappa shape index (κ2) is 13.8. The maximum absolute atomic E-state index is 12.7. The maximum atomic E-state index is 12.7. The van der Waals surface area contributed by atoms with Crippen LogP contribution in [0, 0.1) is 0 Å². The van der Waals surface area contributed by atoms with Gasteiger partial charge in [-0.05, 0) is 54.3 Å². The molecule has 4 aromatic rings. The number of hydrogen-bond donors (Lipinski definition) is 1. The number of nitrogens with one attached hydrogen (secondary N) is 1. The minimum Gasteiger partial charge on any atom is -0.493 e. The number of rotatable bonds is 11. The van der Waals surface area contributed by atoms with Crippen molar-refractivity contribution < 1.29 is 14.3 Å². The summed E-state index contributed by atoms with van der Waals surface area (Å²) in [6.45, 7) is 3.44. The zero-order valence-electron chi connectivity index (χ0n) is 23.0. The molecule has 3 aromatic carbocycles. The van der Waals surface area contributed by atoms with E-state index in [4.69, 9.17) is 9.47 Å². The number of aromatic nitrogens is 1. The molecule has 1 amide bonds. The number of hydrogen-bond acceptors (Lipinski definition) is 5. The molecule has 1 saturated heterocycles. The molecule has 0 radical (unpaired) electrons. The Hall–Kier alpha value is -4.16. The van der Waals surface area contributed by atoms with Crippen molar-refractivity contribution in [3.63, 3.8) is 0 Å². The summed E-state index contributed by atoms with van der Waals surface area (Å²) in [6.07, 6.45) is 4.43. The molecule has 5 rings (SSSR count). The average molecular weight is 536 g/mol. The zero-order valence-corrected chi connectivity index (χ0v) is 23.0. The van der Waals surface area contributed by atoms with E-state index < -0.39 is 0 Å². The SMILES string of the molecule is COc1cc(C(=O)NCCc2ccccn2)ccc1OC1CCN(CC(c2ccccc2)c2ccccc2)CC1. The van der Waals surface area contributed by atoms with Crippen LogP contribution in [0.5, 0.6) is 11.5 Å². The van der Waals surface area contributed by atoms with Gasteiger partial charge < -0.3 is 19.7 Å². The number of ether oxygens (including phenoxy) is 2. The number of benzene rings is 3. The largest absolute Gasteiger partial charge is 0.493 e. The highest BCUT2D eigenvalue weighted by Gasteiger charge is 2.25. The third-order valence-electron chi connectivity index (χ3n) is 7.49. The fourth-order valence-corrected chi connectivity index (χ4v) is 5.28. The van der Waals surface area contributed by atoms with Gasteiger partial charge in [-0.2, -0.15) is 0 Å². The van der Waals surface area contributed by atoms with Crippen molar-refractivity contribution in [2.75, 3.05) is 33.3 Å². The molecular weight excluding hydrogens is 498 g/mol. The number of piperidine rings is 1. The van der Waals surface area contributed by atoms with E-state index in [0.29, 0.717) is 35.9 Å². The number of amides is 1. The Morgan fingerprint density at radius 2 is 1.57 bits per heavy atom. The molecular formula is C34H37N3O3. The molecule has 206 valence electrons. The Kier molecular flexibility index (Phi) is 9.43. The number of likely N-dealkylation sites (tertiary alicyclic amines) is 1. The third-order valence-corrected chi connectivity index (χ3v) is 7.49. The van der Waals surface area contributed by atoms with E-state index >= 15 is 0 Å². The van der Waals surface area contributed by atoms with Crippen LogP contribution in [0.15, 0.2) is 103 Å². The first-order valence-electron chi connectivity index (χ1n) is 14.0. The number of carbonyl (C=O) groups excluding carboxylic acids is 1. The molecule has 0 unspecified atom stereocenters. The molecule has 0 spiro atoms. The number of nitrogens with zero attached hydrogens (tertiary/aromatic N) is 2. The summed E-state index contributed by atoms with van der Waals surface area (Å²) in [5.74, 6) is 1.45. The first kappa shape index (κ1) is 27.4. The van der Waals surface area contributed by atoms with Crippen LogP contribution in [0.1, 0.15) is 45.9 Å². The lowest BCUT2D eigenvalue weighted by Crippen LogP contribution is -2.40. The van der Waals surface area contributed by atoms with Gasteiger partial charge in [-0.3, -0.25) is 9.78 Å². The van der Waals surface area contributed by atoms with Crippen LogP contribution in [-0.4, -0.2) is 55.2 Å². The van der Waals surface area contributed by atoms with E-state index in [2.05, 4.69) is 75.9 Å². The second-order valence-electron chi connectivity index (χ2n) is 10.2. The smallest absolute Gasteiger partial charge is 0.251 e. The maximum Gasteiger partial charge on any atom is 0.251 e. The number of carbonyl (C=O) groups is 1. The van der Waals surface area contributed by atoms with Gasteiger partial charge in [-0.1, -0.05) is 66.7 Å². The van der Waals surface area contributed by atoms with E-state index in [1.165, 1.54) is 11.1 Å². The summed E-state index contributed by atoms with van der Waals surface area (Å²) in [6, 6.07) is 32.7. The summed E-state index contributed by atoms with van der Waals surface area (Å²) in [5, 5.41) is 2.96. The van der Waals surface area contributed by atoms with E-state index in [1.807, 2.05) is 24.3 Å². The van der Waals surface area contributed by atoms with Gasteiger partial charge in [0.15, 0.2) is 11.5 Å². The van der Waals surface area contributed by atoms with Crippen molar-refractivity contribution in [2.45, 2.75) is 31.3 Å². The van der Waals surface area contributed by atoms with Crippen LogP contribution in [0.4, 0.5) is 0 Å². The molecule has 0 atom stereocenters. The Morgan fingerprint density at radius 3 is 2.20 bits per heavy atom.